The molecule has 1 atom stereocenters. The summed E-state index contributed by atoms with van der Waals surface area (Å²) in [6.07, 6.45) is 2.22. The van der Waals surface area contributed by atoms with Crippen molar-refractivity contribution in [2.24, 2.45) is 0 Å². The molecule has 1 unspecified atom stereocenters. The topological polar surface area (TPSA) is 47.9 Å². The van der Waals surface area contributed by atoms with Crippen molar-refractivity contribution in [1.82, 2.24) is 5.32 Å². The van der Waals surface area contributed by atoms with Gasteiger partial charge in [0.1, 0.15) is 5.84 Å². The van der Waals surface area contributed by atoms with Gasteiger partial charge in [0.05, 0.1) is 4.88 Å². The maximum atomic E-state index is 8.19. The molecule has 0 radical (unpaired) electrons. The highest BCUT2D eigenvalue weighted by Gasteiger charge is 2.22. The number of anilines is 1. The standard InChI is InChI=1S/C22H23N3S/c1-15-5-2-3-6-17(15)14-24-20-11-8-16-13-18(9-10-19(16)20)25-22(23)21-7-4-12-26-21/h2-7,9-10,12-13,20,24H,8,11,14H2,1H3,(H2,23,25). The molecule has 0 amide bonds. The number of hydrogen-bond donors (Lipinski definition) is 3. The van der Waals surface area contributed by atoms with Gasteiger partial charge in [0.15, 0.2) is 0 Å². The molecule has 0 saturated heterocycles. The van der Waals surface area contributed by atoms with Gasteiger partial charge in [-0.15, -0.1) is 11.3 Å². The molecular weight excluding hydrogens is 338 g/mol. The van der Waals surface area contributed by atoms with E-state index in [9.17, 15) is 0 Å². The Kier molecular flexibility index (Phi) is 4.87. The number of benzene rings is 2. The molecule has 2 aromatic carbocycles. The van der Waals surface area contributed by atoms with Crippen LogP contribution in [0.2, 0.25) is 0 Å². The van der Waals surface area contributed by atoms with E-state index in [-0.39, 0.29) is 0 Å². The summed E-state index contributed by atoms with van der Waals surface area (Å²) in [5.74, 6) is 0.465. The van der Waals surface area contributed by atoms with Crippen molar-refractivity contribution < 1.29 is 0 Å². The molecule has 26 heavy (non-hydrogen) atoms. The lowest BCUT2D eigenvalue weighted by Gasteiger charge is -2.16. The van der Waals surface area contributed by atoms with E-state index in [0.717, 1.165) is 30.0 Å². The van der Waals surface area contributed by atoms with E-state index in [0.29, 0.717) is 11.9 Å². The Balaban J connectivity index is 1.43. The lowest BCUT2D eigenvalue weighted by molar-refractivity contribution is 0.529. The Bertz CT molecular complexity index is 915. The van der Waals surface area contributed by atoms with Gasteiger partial charge < -0.3 is 10.6 Å². The van der Waals surface area contributed by atoms with Crippen molar-refractivity contribution in [1.29, 1.82) is 5.41 Å². The van der Waals surface area contributed by atoms with Crippen molar-refractivity contribution in [3.63, 3.8) is 0 Å². The highest BCUT2D eigenvalue weighted by Crippen LogP contribution is 2.33. The van der Waals surface area contributed by atoms with E-state index in [4.69, 9.17) is 5.41 Å². The quantitative estimate of drug-likeness (QED) is 0.428. The van der Waals surface area contributed by atoms with Crippen molar-refractivity contribution in [2.75, 3.05) is 5.32 Å². The molecule has 0 spiro atoms. The van der Waals surface area contributed by atoms with E-state index in [2.05, 4.69) is 60.0 Å². The zero-order valence-corrected chi connectivity index (χ0v) is 15.7. The molecule has 4 rings (SSSR count). The predicted octanol–water partition coefficient (Wildman–Crippen LogP) is 5.27. The van der Waals surface area contributed by atoms with Crippen LogP contribution < -0.4 is 10.6 Å². The molecule has 4 heteroatoms. The van der Waals surface area contributed by atoms with Gasteiger partial charge in [0.2, 0.25) is 0 Å². The first-order valence-corrected chi connectivity index (χ1v) is 9.89. The highest BCUT2D eigenvalue weighted by molar-refractivity contribution is 7.12. The summed E-state index contributed by atoms with van der Waals surface area (Å²) in [5.41, 5.74) is 6.48. The number of nitrogens with one attached hydrogen (secondary N) is 3. The zero-order valence-electron chi connectivity index (χ0n) is 14.9. The molecule has 132 valence electrons. The summed E-state index contributed by atoms with van der Waals surface area (Å²) in [6, 6.07) is 19.4. The highest BCUT2D eigenvalue weighted by atomic mass is 32.1. The summed E-state index contributed by atoms with van der Waals surface area (Å²) in [7, 11) is 0. The zero-order chi connectivity index (χ0) is 17.9. The number of fused-ring (bicyclic) bond motifs is 1. The van der Waals surface area contributed by atoms with Crippen LogP contribution in [0.15, 0.2) is 60.0 Å². The second-order valence-corrected chi connectivity index (χ2v) is 7.74. The van der Waals surface area contributed by atoms with Crippen molar-refractivity contribution in [3.8, 4) is 0 Å². The molecular formula is C22H23N3S. The van der Waals surface area contributed by atoms with Crippen molar-refractivity contribution in [3.05, 3.63) is 87.1 Å². The minimum absolute atomic E-state index is 0.412. The molecule has 3 nitrogen and oxygen atoms in total. The minimum Gasteiger partial charge on any atom is -0.340 e. The lowest BCUT2D eigenvalue weighted by Crippen LogP contribution is -2.19. The van der Waals surface area contributed by atoms with E-state index in [1.54, 1.807) is 11.3 Å². The Morgan fingerprint density at radius 1 is 1.15 bits per heavy atom. The number of amidine groups is 1. The van der Waals surface area contributed by atoms with Crippen LogP contribution in [0.1, 0.15) is 39.6 Å². The van der Waals surface area contributed by atoms with Gasteiger partial charge >= 0.3 is 0 Å². The molecule has 0 aliphatic heterocycles. The third kappa shape index (κ3) is 3.57. The van der Waals surface area contributed by atoms with Crippen LogP contribution in [0.4, 0.5) is 5.69 Å². The van der Waals surface area contributed by atoms with Gasteiger partial charge in [-0.1, -0.05) is 36.4 Å². The monoisotopic (exact) mass is 361 g/mol. The van der Waals surface area contributed by atoms with Crippen LogP contribution >= 0.6 is 11.3 Å². The van der Waals surface area contributed by atoms with Crippen LogP contribution in [0.3, 0.4) is 0 Å². The SMILES string of the molecule is Cc1ccccc1CNC1CCc2cc(NC(=N)c3cccs3)ccc21. The Morgan fingerprint density at radius 3 is 2.85 bits per heavy atom. The fourth-order valence-electron chi connectivity index (χ4n) is 3.58. The van der Waals surface area contributed by atoms with Crippen molar-refractivity contribution >= 4 is 22.9 Å². The minimum atomic E-state index is 0.412. The van der Waals surface area contributed by atoms with Crippen LogP contribution in [0, 0.1) is 12.3 Å². The number of hydrogen-bond acceptors (Lipinski definition) is 3. The van der Waals surface area contributed by atoms with Crippen LogP contribution in [-0.4, -0.2) is 5.84 Å². The number of rotatable bonds is 5. The Morgan fingerprint density at radius 2 is 2.04 bits per heavy atom. The second-order valence-electron chi connectivity index (χ2n) is 6.79. The van der Waals surface area contributed by atoms with E-state index >= 15 is 0 Å². The summed E-state index contributed by atoms with van der Waals surface area (Å²) < 4.78 is 0. The molecule has 0 fully saturated rings. The van der Waals surface area contributed by atoms with E-state index < -0.39 is 0 Å². The Hall–Kier alpha value is -2.43. The molecule has 3 N–H and O–H groups in total. The maximum absolute atomic E-state index is 8.19. The molecule has 0 saturated carbocycles. The first kappa shape index (κ1) is 17.0. The van der Waals surface area contributed by atoms with E-state index in [1.807, 2.05) is 17.5 Å². The fourth-order valence-corrected chi connectivity index (χ4v) is 4.21. The van der Waals surface area contributed by atoms with Gasteiger partial charge in [0, 0.05) is 18.3 Å². The normalized spacial score (nSPS) is 15.7. The average molecular weight is 362 g/mol. The second kappa shape index (κ2) is 7.44. The molecule has 3 aromatic rings. The maximum Gasteiger partial charge on any atom is 0.140 e. The Labute approximate surface area is 158 Å². The average Bonchev–Trinajstić information content (AvgIpc) is 3.31. The summed E-state index contributed by atoms with van der Waals surface area (Å²) >= 11 is 1.58. The third-order valence-electron chi connectivity index (χ3n) is 5.06. The van der Waals surface area contributed by atoms with Crippen LogP contribution in [-0.2, 0) is 13.0 Å². The largest absolute Gasteiger partial charge is 0.340 e. The first-order valence-electron chi connectivity index (χ1n) is 9.01. The van der Waals surface area contributed by atoms with Gasteiger partial charge in [-0.05, 0) is 65.6 Å². The van der Waals surface area contributed by atoms with Crippen LogP contribution in [0.25, 0.3) is 0 Å². The summed E-state index contributed by atoms with van der Waals surface area (Å²) in [4.78, 5) is 0.961. The first-order chi connectivity index (χ1) is 12.7. The fraction of sp³-hybridized carbons (Fsp3) is 0.227. The molecule has 1 aliphatic rings. The van der Waals surface area contributed by atoms with Gasteiger partial charge in [-0.2, -0.15) is 0 Å². The van der Waals surface area contributed by atoms with Crippen LogP contribution in [0.5, 0.6) is 0 Å². The lowest BCUT2D eigenvalue weighted by atomic mass is 10.1. The number of aryl methyl sites for hydroxylation is 2. The summed E-state index contributed by atoms with van der Waals surface area (Å²) in [6.45, 7) is 3.07. The number of thiophene rings is 1. The van der Waals surface area contributed by atoms with E-state index in [1.165, 1.54) is 22.3 Å². The summed E-state index contributed by atoms with van der Waals surface area (Å²) in [5, 5.41) is 17.1. The predicted molar refractivity (Wildman–Crippen MR) is 110 cm³/mol. The molecule has 1 heterocycles. The smallest absolute Gasteiger partial charge is 0.140 e. The van der Waals surface area contributed by atoms with Gasteiger partial charge in [-0.3, -0.25) is 5.41 Å². The molecule has 0 bridgehead atoms. The van der Waals surface area contributed by atoms with Crippen molar-refractivity contribution in [2.45, 2.75) is 32.4 Å². The van der Waals surface area contributed by atoms with Gasteiger partial charge in [-0.25, -0.2) is 0 Å². The molecule has 1 aromatic heterocycles. The van der Waals surface area contributed by atoms with Gasteiger partial charge in [0.25, 0.3) is 0 Å². The molecule has 1 aliphatic carbocycles. The third-order valence-corrected chi connectivity index (χ3v) is 5.95.